The average molecular weight is 535 g/mol. The molecular weight excluding hydrogens is 492 g/mol. The van der Waals surface area contributed by atoms with Crippen LogP contribution in [0.25, 0.3) is 11.3 Å². The predicted octanol–water partition coefficient (Wildman–Crippen LogP) is 6.01. The van der Waals surface area contributed by atoms with Gasteiger partial charge in [0.25, 0.3) is 5.91 Å². The van der Waals surface area contributed by atoms with Gasteiger partial charge in [-0.05, 0) is 71.7 Å². The first-order valence-corrected chi connectivity index (χ1v) is 13.3. The summed E-state index contributed by atoms with van der Waals surface area (Å²) in [6.45, 7) is 14.7. The first-order chi connectivity index (χ1) is 18.4. The smallest absolute Gasteiger partial charge is 0.410 e. The molecule has 1 saturated heterocycles. The van der Waals surface area contributed by atoms with Gasteiger partial charge in [0.2, 0.25) is 5.88 Å². The van der Waals surface area contributed by atoms with Crippen molar-refractivity contribution < 1.29 is 21.9 Å². The van der Waals surface area contributed by atoms with Gasteiger partial charge in [0.15, 0.2) is 0 Å². The van der Waals surface area contributed by atoms with E-state index in [1.54, 1.807) is 9.80 Å². The molecule has 210 valence electrons. The first kappa shape index (κ1) is 28.1. The van der Waals surface area contributed by atoms with E-state index < -0.39 is 17.8 Å². The van der Waals surface area contributed by atoms with E-state index in [9.17, 15) is 9.59 Å². The molecule has 1 aromatic heterocycles. The topological polar surface area (TPSA) is 84.9 Å². The predicted molar refractivity (Wildman–Crippen MR) is 155 cm³/mol. The van der Waals surface area contributed by atoms with Crippen molar-refractivity contribution in [2.75, 3.05) is 26.2 Å². The molecule has 1 unspecified atom stereocenters. The monoisotopic (exact) mass is 534 g/mol. The van der Waals surface area contributed by atoms with Gasteiger partial charge in [-0.3, -0.25) is 4.79 Å². The molecule has 8 heteroatoms. The van der Waals surface area contributed by atoms with Crippen molar-refractivity contribution in [1.82, 2.24) is 19.8 Å². The number of carbonyl (C=O) groups is 2. The van der Waals surface area contributed by atoms with Crippen LogP contribution in [0.15, 0.2) is 48.5 Å². The van der Waals surface area contributed by atoms with Crippen LogP contribution in [0.4, 0.5) is 4.79 Å². The highest BCUT2D eigenvalue weighted by Crippen LogP contribution is 2.28. The van der Waals surface area contributed by atoms with Crippen LogP contribution in [0.2, 0.25) is 0 Å². The number of benzene rings is 2. The van der Waals surface area contributed by atoms with Crippen LogP contribution in [0.3, 0.4) is 0 Å². The van der Waals surface area contributed by atoms with Gasteiger partial charge in [-0.2, -0.15) is 4.98 Å². The molecule has 1 aliphatic rings. The lowest BCUT2D eigenvalue weighted by atomic mass is 10.00. The highest BCUT2D eigenvalue weighted by atomic mass is 16.6. The Kier molecular flexibility index (Phi) is 8.23. The molecule has 8 nitrogen and oxygen atoms in total. The van der Waals surface area contributed by atoms with Crippen molar-refractivity contribution >= 4 is 12.0 Å². The summed E-state index contributed by atoms with van der Waals surface area (Å²) in [6.07, 6.45) is -0.954. The number of ether oxygens (including phenoxy) is 2. The quantitative estimate of drug-likeness (QED) is 0.408. The first-order valence-electron chi connectivity index (χ1n) is 13.3. The lowest BCUT2D eigenvalue weighted by Crippen LogP contribution is -2.43. The van der Waals surface area contributed by atoms with Gasteiger partial charge in [-0.15, -0.1) is 0 Å². The Morgan fingerprint density at radius 3 is 2.21 bits per heavy atom. The number of hydrogen-bond donors (Lipinski definition) is 0. The van der Waals surface area contributed by atoms with Gasteiger partial charge < -0.3 is 19.3 Å². The molecule has 3 aromatic rings. The van der Waals surface area contributed by atoms with E-state index in [0.717, 1.165) is 27.9 Å². The van der Waals surface area contributed by atoms with Crippen molar-refractivity contribution in [2.24, 2.45) is 0 Å². The Labute approximate surface area is 233 Å². The van der Waals surface area contributed by atoms with Gasteiger partial charge in [0, 0.05) is 33.1 Å². The van der Waals surface area contributed by atoms with Crippen molar-refractivity contribution in [3.63, 3.8) is 0 Å². The number of amides is 2. The number of aromatic nitrogens is 2. The van der Waals surface area contributed by atoms with E-state index in [2.05, 4.69) is 35.9 Å². The number of rotatable bonds is 4. The molecule has 4 rings (SSSR count). The summed E-state index contributed by atoms with van der Waals surface area (Å²) in [4.78, 5) is 39.1. The van der Waals surface area contributed by atoms with Crippen LogP contribution in [0, 0.1) is 27.7 Å². The number of carbonyl (C=O) groups excluding carboxylic acids is 2. The summed E-state index contributed by atoms with van der Waals surface area (Å²) in [5, 5.41) is 0. The molecular formula is C31H42N4O4. The van der Waals surface area contributed by atoms with Crippen LogP contribution < -0.4 is 4.74 Å². The minimum Gasteiger partial charge on any atom is -0.470 e. The highest BCUT2D eigenvalue weighted by Gasteiger charge is 2.32. The molecule has 39 heavy (non-hydrogen) atoms. The lowest BCUT2D eigenvalue weighted by Gasteiger charge is -2.28. The van der Waals surface area contributed by atoms with E-state index in [-0.39, 0.29) is 15.3 Å². The SMILES string of the molecule is Cc1cccc(C(=O)N2CCN(C(=O)OC(C)(C)C)CC(Oc3cc(-c4c(C)cccc4C)nc(C)n3)C2)c1.[HH].[HH]. The molecule has 0 saturated carbocycles. The summed E-state index contributed by atoms with van der Waals surface area (Å²) in [7, 11) is 0. The third-order valence-corrected chi connectivity index (χ3v) is 6.53. The Morgan fingerprint density at radius 1 is 0.897 bits per heavy atom. The van der Waals surface area contributed by atoms with Crippen LogP contribution in [0.5, 0.6) is 5.88 Å². The normalized spacial score (nSPS) is 16.0. The zero-order valence-corrected chi connectivity index (χ0v) is 23.9. The molecule has 0 radical (unpaired) electrons. The lowest BCUT2D eigenvalue weighted by molar-refractivity contribution is 0.0200. The maximum Gasteiger partial charge on any atom is 0.410 e. The third-order valence-electron chi connectivity index (χ3n) is 6.53. The zero-order chi connectivity index (χ0) is 28.3. The van der Waals surface area contributed by atoms with Crippen molar-refractivity contribution in [2.45, 2.75) is 60.2 Å². The van der Waals surface area contributed by atoms with Crippen molar-refractivity contribution in [3.8, 4) is 17.1 Å². The molecule has 0 N–H and O–H groups in total. The van der Waals surface area contributed by atoms with Crippen molar-refractivity contribution in [1.29, 1.82) is 0 Å². The maximum atomic E-state index is 13.5. The van der Waals surface area contributed by atoms with Gasteiger partial charge in [-0.1, -0.05) is 35.9 Å². The summed E-state index contributed by atoms with van der Waals surface area (Å²) in [5.74, 6) is 0.878. The van der Waals surface area contributed by atoms with Crippen LogP contribution in [-0.4, -0.2) is 69.7 Å². The molecule has 2 heterocycles. The van der Waals surface area contributed by atoms with E-state index in [1.165, 1.54) is 0 Å². The third kappa shape index (κ3) is 7.13. The van der Waals surface area contributed by atoms with E-state index >= 15 is 0 Å². The fourth-order valence-corrected chi connectivity index (χ4v) is 4.80. The van der Waals surface area contributed by atoms with Gasteiger partial charge in [0.1, 0.15) is 17.5 Å². The van der Waals surface area contributed by atoms with E-state index in [0.29, 0.717) is 36.9 Å². The van der Waals surface area contributed by atoms with Crippen LogP contribution in [0.1, 0.15) is 56.5 Å². The molecule has 1 atom stereocenters. The second-order valence-electron chi connectivity index (χ2n) is 11.2. The van der Waals surface area contributed by atoms with Gasteiger partial charge in [-0.25, -0.2) is 9.78 Å². The molecule has 0 aliphatic carbocycles. The molecule has 2 aromatic carbocycles. The maximum absolute atomic E-state index is 13.5. The largest absolute Gasteiger partial charge is 0.470 e. The fourth-order valence-electron chi connectivity index (χ4n) is 4.80. The van der Waals surface area contributed by atoms with Crippen LogP contribution >= 0.6 is 0 Å². The average Bonchev–Trinajstić information content (AvgIpc) is 3.05. The highest BCUT2D eigenvalue weighted by molar-refractivity contribution is 5.94. The second-order valence-corrected chi connectivity index (χ2v) is 11.2. The minimum atomic E-state index is -0.638. The second kappa shape index (κ2) is 11.4. The number of aryl methyl sites for hydroxylation is 4. The summed E-state index contributed by atoms with van der Waals surface area (Å²) < 4.78 is 12.1. The van der Waals surface area contributed by atoms with E-state index in [1.807, 2.05) is 71.0 Å². The van der Waals surface area contributed by atoms with Crippen LogP contribution in [-0.2, 0) is 4.74 Å². The fraction of sp³-hybridized carbons (Fsp3) is 0.419. The molecule has 1 aliphatic heterocycles. The Bertz CT molecular complexity index is 1360. The van der Waals surface area contributed by atoms with Crippen molar-refractivity contribution in [3.05, 3.63) is 76.6 Å². The Balaban J connectivity index is 0.00000294. The molecule has 0 bridgehead atoms. The summed E-state index contributed by atoms with van der Waals surface area (Å²) >= 11 is 0. The Morgan fingerprint density at radius 2 is 1.54 bits per heavy atom. The summed E-state index contributed by atoms with van der Waals surface area (Å²) in [5.41, 5.74) is 5.02. The minimum absolute atomic E-state index is 0. The standard InChI is InChI=1S/C31H38N4O4.2H2/c1-20-10-8-13-24(16-20)29(36)34-14-15-35(30(37)39-31(5,6)7)19-25(18-34)38-27-17-26(32-23(4)33-27)28-21(2)11-9-12-22(28)3;;/h8-13,16-17,25H,14-15,18-19H2,1-7H3;2*1H. The van der Waals surface area contributed by atoms with Gasteiger partial charge >= 0.3 is 6.09 Å². The summed E-state index contributed by atoms with van der Waals surface area (Å²) in [6, 6.07) is 15.5. The molecule has 0 spiro atoms. The zero-order valence-electron chi connectivity index (χ0n) is 23.9. The number of nitrogens with zero attached hydrogens (tertiary/aromatic N) is 4. The Hall–Kier alpha value is -3.94. The van der Waals surface area contributed by atoms with Gasteiger partial charge in [0.05, 0.1) is 18.8 Å². The number of hydrogen-bond acceptors (Lipinski definition) is 6. The molecule has 1 fully saturated rings. The molecule has 2 amide bonds. The van der Waals surface area contributed by atoms with E-state index in [4.69, 9.17) is 9.47 Å².